The van der Waals surface area contributed by atoms with E-state index in [2.05, 4.69) is 191 Å². The summed E-state index contributed by atoms with van der Waals surface area (Å²) in [5, 5.41) is 9.39. The van der Waals surface area contributed by atoms with Crippen LogP contribution in [0.1, 0.15) is 0 Å². The van der Waals surface area contributed by atoms with E-state index in [9.17, 15) is 0 Å². The van der Waals surface area contributed by atoms with Crippen molar-refractivity contribution in [2.45, 2.75) is 0 Å². The molecule has 0 fully saturated rings. The molecule has 4 heterocycles. The molecule has 9 aromatic carbocycles. The van der Waals surface area contributed by atoms with E-state index >= 15 is 0 Å². The lowest BCUT2D eigenvalue weighted by Gasteiger charge is -2.11. The van der Waals surface area contributed by atoms with Crippen LogP contribution in [0.3, 0.4) is 0 Å². The largest absolute Gasteiger partial charge is 0.455 e. The molecule has 0 N–H and O–H groups in total. The quantitative estimate of drug-likeness (QED) is 0.180. The zero-order valence-corrected chi connectivity index (χ0v) is 31.2. The first-order valence-electron chi connectivity index (χ1n) is 19.8. The summed E-state index contributed by atoms with van der Waals surface area (Å²) in [4.78, 5) is 0. The highest BCUT2D eigenvalue weighted by Crippen LogP contribution is 2.42. The van der Waals surface area contributed by atoms with E-state index in [1.807, 2.05) is 12.1 Å². The van der Waals surface area contributed by atoms with E-state index in [0.717, 1.165) is 88.5 Å². The minimum Gasteiger partial charge on any atom is -0.455 e. The smallest absolute Gasteiger partial charge is 0.143 e. The molecule has 0 aliphatic carbocycles. The Labute approximate surface area is 332 Å². The van der Waals surface area contributed by atoms with Gasteiger partial charge in [-0.05, 0) is 77.9 Å². The molecule has 4 heteroatoms. The summed E-state index contributed by atoms with van der Waals surface area (Å²) in [6.07, 6.45) is 0. The van der Waals surface area contributed by atoms with Crippen molar-refractivity contribution in [1.82, 2.24) is 9.13 Å². The Balaban J connectivity index is 0.952. The van der Waals surface area contributed by atoms with Gasteiger partial charge in [-0.15, -0.1) is 0 Å². The Hall–Kier alpha value is -7.82. The van der Waals surface area contributed by atoms with Crippen LogP contribution in [0.2, 0.25) is 0 Å². The average molecular weight is 741 g/mol. The monoisotopic (exact) mass is 740 g/mol. The van der Waals surface area contributed by atoms with Crippen molar-refractivity contribution < 1.29 is 8.83 Å². The van der Waals surface area contributed by atoms with Gasteiger partial charge in [0.2, 0.25) is 0 Å². The SMILES string of the molecule is c1cc(-c2cccc3c2oc2ccc(-n4c5ccccc5c5ccccc54)cc23)cc(-n2c3ccccc3c3cc(-c4cccc5c4oc4ccccc45)ccc32)c1. The van der Waals surface area contributed by atoms with Crippen molar-refractivity contribution in [2.24, 2.45) is 0 Å². The van der Waals surface area contributed by atoms with Crippen LogP contribution in [0.15, 0.2) is 203 Å². The number of para-hydroxylation sites is 6. The Morgan fingerprint density at radius 1 is 0.276 bits per heavy atom. The first-order chi connectivity index (χ1) is 28.8. The summed E-state index contributed by atoms with van der Waals surface area (Å²) in [6.45, 7) is 0. The van der Waals surface area contributed by atoms with Crippen LogP contribution in [0.4, 0.5) is 0 Å². The zero-order valence-electron chi connectivity index (χ0n) is 31.2. The molecular weight excluding hydrogens is 709 g/mol. The molecule has 0 atom stereocenters. The molecule has 13 rings (SSSR count). The number of benzene rings is 9. The molecule has 0 bridgehead atoms. The maximum absolute atomic E-state index is 6.74. The number of furan rings is 2. The zero-order chi connectivity index (χ0) is 37.9. The average Bonchev–Trinajstić information content (AvgIpc) is 4.04. The number of hydrogen-bond acceptors (Lipinski definition) is 2. The Morgan fingerprint density at radius 3 is 1.43 bits per heavy atom. The summed E-state index contributed by atoms with van der Waals surface area (Å²) in [6, 6.07) is 69.4. The standard InChI is InChI=1S/C54H32N2O2/c1-5-22-47-39(14-1)40-15-2-6-23-48(40)56(47)36-27-29-52-46(32-36)44-21-11-18-37(54(44)58-52)33-12-9-13-35(30-33)55-49-24-7-3-16-41(49)45-31-34(26-28-50(45)55)38-19-10-20-43-42-17-4-8-25-51(42)57-53(38)43/h1-32H. The predicted molar refractivity (Wildman–Crippen MR) is 241 cm³/mol. The van der Waals surface area contributed by atoms with Crippen LogP contribution in [0.5, 0.6) is 0 Å². The van der Waals surface area contributed by atoms with Gasteiger partial charge in [-0.3, -0.25) is 0 Å². The van der Waals surface area contributed by atoms with Gasteiger partial charge in [-0.1, -0.05) is 127 Å². The predicted octanol–water partition coefficient (Wildman–Crippen LogP) is 15.0. The van der Waals surface area contributed by atoms with Crippen molar-refractivity contribution in [3.63, 3.8) is 0 Å². The van der Waals surface area contributed by atoms with Gasteiger partial charge in [0.25, 0.3) is 0 Å². The van der Waals surface area contributed by atoms with Gasteiger partial charge in [-0.2, -0.15) is 0 Å². The van der Waals surface area contributed by atoms with Crippen LogP contribution in [0, 0.1) is 0 Å². The molecule has 270 valence electrons. The second-order valence-electron chi connectivity index (χ2n) is 15.2. The second-order valence-corrected chi connectivity index (χ2v) is 15.2. The van der Waals surface area contributed by atoms with Crippen LogP contribution in [-0.2, 0) is 0 Å². The van der Waals surface area contributed by atoms with Crippen LogP contribution < -0.4 is 0 Å². The number of rotatable bonds is 4. The van der Waals surface area contributed by atoms with Gasteiger partial charge in [0.05, 0.1) is 22.1 Å². The molecule has 58 heavy (non-hydrogen) atoms. The Bertz CT molecular complexity index is 3760. The Kier molecular flexibility index (Phi) is 6.41. The molecule has 0 aliphatic rings. The van der Waals surface area contributed by atoms with Gasteiger partial charge in [0.15, 0.2) is 0 Å². The fourth-order valence-corrected chi connectivity index (χ4v) is 9.56. The molecule has 0 amide bonds. The van der Waals surface area contributed by atoms with Gasteiger partial charge >= 0.3 is 0 Å². The molecule has 0 radical (unpaired) electrons. The minimum absolute atomic E-state index is 0.875. The third-order valence-electron chi connectivity index (χ3n) is 12.1. The molecule has 4 nitrogen and oxygen atoms in total. The summed E-state index contributed by atoms with van der Waals surface area (Å²) >= 11 is 0. The fourth-order valence-electron chi connectivity index (χ4n) is 9.56. The number of fused-ring (bicyclic) bond motifs is 12. The van der Waals surface area contributed by atoms with Crippen LogP contribution in [-0.4, -0.2) is 9.13 Å². The van der Waals surface area contributed by atoms with Gasteiger partial charge in [0, 0.05) is 65.6 Å². The maximum Gasteiger partial charge on any atom is 0.143 e. The van der Waals surface area contributed by atoms with E-state index in [4.69, 9.17) is 8.83 Å². The molecule has 0 saturated carbocycles. The first-order valence-corrected chi connectivity index (χ1v) is 19.8. The van der Waals surface area contributed by atoms with Crippen molar-refractivity contribution in [3.8, 4) is 33.6 Å². The van der Waals surface area contributed by atoms with Crippen molar-refractivity contribution in [2.75, 3.05) is 0 Å². The van der Waals surface area contributed by atoms with E-state index in [1.54, 1.807) is 0 Å². The van der Waals surface area contributed by atoms with Crippen molar-refractivity contribution >= 4 is 87.5 Å². The lowest BCUT2D eigenvalue weighted by atomic mass is 10.00. The summed E-state index contributed by atoms with van der Waals surface area (Å²) < 4.78 is 17.9. The van der Waals surface area contributed by atoms with Crippen molar-refractivity contribution in [3.05, 3.63) is 194 Å². The summed E-state index contributed by atoms with van der Waals surface area (Å²) in [5.41, 5.74) is 14.9. The van der Waals surface area contributed by atoms with Crippen molar-refractivity contribution in [1.29, 1.82) is 0 Å². The van der Waals surface area contributed by atoms with E-state index in [0.29, 0.717) is 0 Å². The molecule has 0 aliphatic heterocycles. The third-order valence-corrected chi connectivity index (χ3v) is 12.1. The summed E-state index contributed by atoms with van der Waals surface area (Å²) in [7, 11) is 0. The highest BCUT2D eigenvalue weighted by atomic mass is 16.3. The topological polar surface area (TPSA) is 36.1 Å². The normalized spacial score (nSPS) is 12.1. The lowest BCUT2D eigenvalue weighted by Crippen LogP contribution is -1.94. The minimum atomic E-state index is 0.875. The van der Waals surface area contributed by atoms with E-state index < -0.39 is 0 Å². The molecule has 0 unspecified atom stereocenters. The number of aromatic nitrogens is 2. The molecule has 4 aromatic heterocycles. The number of nitrogens with zero attached hydrogens (tertiary/aromatic N) is 2. The molecular formula is C54H32N2O2. The highest BCUT2D eigenvalue weighted by molar-refractivity contribution is 6.15. The summed E-state index contributed by atoms with van der Waals surface area (Å²) in [5.74, 6) is 0. The fraction of sp³-hybridized carbons (Fsp3) is 0. The Morgan fingerprint density at radius 2 is 0.759 bits per heavy atom. The highest BCUT2D eigenvalue weighted by Gasteiger charge is 2.19. The molecule has 0 spiro atoms. The van der Waals surface area contributed by atoms with E-state index in [-0.39, 0.29) is 0 Å². The van der Waals surface area contributed by atoms with Crippen LogP contribution >= 0.6 is 0 Å². The van der Waals surface area contributed by atoms with Gasteiger partial charge < -0.3 is 18.0 Å². The van der Waals surface area contributed by atoms with Crippen LogP contribution in [0.25, 0.3) is 121 Å². The molecule has 13 aromatic rings. The number of hydrogen-bond donors (Lipinski definition) is 0. The third kappa shape index (κ3) is 4.40. The van der Waals surface area contributed by atoms with E-state index in [1.165, 1.54) is 32.6 Å². The van der Waals surface area contributed by atoms with Gasteiger partial charge in [-0.25, -0.2) is 0 Å². The first kappa shape index (κ1) is 31.4. The van der Waals surface area contributed by atoms with Gasteiger partial charge in [0.1, 0.15) is 22.3 Å². The second kappa shape index (κ2) is 11.8. The lowest BCUT2D eigenvalue weighted by molar-refractivity contribution is 0.669. The maximum atomic E-state index is 6.74. The molecule has 0 saturated heterocycles.